The molecule has 0 aliphatic heterocycles. The molecule has 0 saturated carbocycles. The molecule has 0 saturated heterocycles. The van der Waals surface area contributed by atoms with E-state index in [2.05, 4.69) is 41.2 Å². The zero-order valence-corrected chi connectivity index (χ0v) is 12.2. The molecule has 4 heteroatoms. The van der Waals surface area contributed by atoms with Crippen LogP contribution in [0.2, 0.25) is 0 Å². The lowest BCUT2D eigenvalue weighted by Gasteiger charge is -2.06. The Labute approximate surface area is 118 Å². The average molecular weight is 273 g/mol. The Kier molecular flexibility index (Phi) is 4.93. The molecule has 0 bridgehead atoms. The van der Waals surface area contributed by atoms with E-state index >= 15 is 0 Å². The van der Waals surface area contributed by atoms with Crippen molar-refractivity contribution in [3.05, 3.63) is 53.3 Å². The van der Waals surface area contributed by atoms with Gasteiger partial charge >= 0.3 is 0 Å². The van der Waals surface area contributed by atoms with Gasteiger partial charge in [0.25, 0.3) is 0 Å². The van der Waals surface area contributed by atoms with Crippen molar-refractivity contribution in [2.45, 2.75) is 37.2 Å². The second-order valence-electron chi connectivity index (χ2n) is 4.77. The van der Waals surface area contributed by atoms with Crippen LogP contribution in [-0.2, 0) is 12.2 Å². The quantitative estimate of drug-likeness (QED) is 0.672. The predicted molar refractivity (Wildman–Crippen MR) is 80.1 cm³/mol. The normalized spacial score (nSPS) is 12.4. The van der Waals surface area contributed by atoms with Crippen LogP contribution in [0.25, 0.3) is 0 Å². The second kappa shape index (κ2) is 6.68. The molecule has 1 unspecified atom stereocenters. The molecule has 1 aromatic heterocycles. The van der Waals surface area contributed by atoms with Gasteiger partial charge in [-0.25, -0.2) is 9.97 Å². The van der Waals surface area contributed by atoms with Crippen LogP contribution in [0.15, 0.2) is 41.8 Å². The summed E-state index contributed by atoms with van der Waals surface area (Å²) in [6, 6.07) is 8.54. The fourth-order valence-electron chi connectivity index (χ4n) is 1.81. The van der Waals surface area contributed by atoms with Gasteiger partial charge in [-0.3, -0.25) is 0 Å². The maximum absolute atomic E-state index is 5.75. The molecular weight excluding hydrogens is 254 g/mol. The van der Waals surface area contributed by atoms with Crippen molar-refractivity contribution in [1.82, 2.24) is 9.97 Å². The van der Waals surface area contributed by atoms with Gasteiger partial charge in [0.1, 0.15) is 0 Å². The fourth-order valence-corrected chi connectivity index (χ4v) is 2.67. The molecule has 0 amide bonds. The number of rotatable bonds is 5. The van der Waals surface area contributed by atoms with Gasteiger partial charge in [0, 0.05) is 24.2 Å². The van der Waals surface area contributed by atoms with E-state index in [4.69, 9.17) is 5.73 Å². The highest BCUT2D eigenvalue weighted by molar-refractivity contribution is 7.98. The maximum Gasteiger partial charge on any atom is 0.187 e. The van der Waals surface area contributed by atoms with E-state index in [1.807, 2.05) is 19.3 Å². The van der Waals surface area contributed by atoms with Gasteiger partial charge in [0.05, 0.1) is 0 Å². The smallest absolute Gasteiger partial charge is 0.187 e. The van der Waals surface area contributed by atoms with Crippen LogP contribution in [0.3, 0.4) is 0 Å². The first kappa shape index (κ1) is 14.0. The highest BCUT2D eigenvalue weighted by atomic mass is 32.2. The Morgan fingerprint density at radius 2 is 1.89 bits per heavy atom. The lowest BCUT2D eigenvalue weighted by Crippen LogP contribution is -2.17. The summed E-state index contributed by atoms with van der Waals surface area (Å²) in [7, 11) is 0. The first-order valence-electron chi connectivity index (χ1n) is 6.39. The van der Waals surface area contributed by atoms with Gasteiger partial charge in [-0.15, -0.1) is 0 Å². The molecule has 19 heavy (non-hydrogen) atoms. The van der Waals surface area contributed by atoms with E-state index in [0.717, 1.165) is 22.9 Å². The number of thioether (sulfide) groups is 1. The van der Waals surface area contributed by atoms with Gasteiger partial charge < -0.3 is 5.73 Å². The van der Waals surface area contributed by atoms with Crippen molar-refractivity contribution in [3.63, 3.8) is 0 Å². The number of hydrogen-bond acceptors (Lipinski definition) is 4. The topological polar surface area (TPSA) is 51.8 Å². The van der Waals surface area contributed by atoms with E-state index in [-0.39, 0.29) is 6.04 Å². The van der Waals surface area contributed by atoms with Gasteiger partial charge in [-0.05, 0) is 37.0 Å². The van der Waals surface area contributed by atoms with Crippen LogP contribution in [0, 0.1) is 6.92 Å². The summed E-state index contributed by atoms with van der Waals surface area (Å²) >= 11 is 1.66. The Morgan fingerprint density at radius 1 is 1.21 bits per heavy atom. The maximum atomic E-state index is 5.75. The van der Waals surface area contributed by atoms with Crippen molar-refractivity contribution >= 4 is 11.8 Å². The molecule has 2 N–H and O–H groups in total. The molecule has 0 aliphatic rings. The molecule has 2 aromatic rings. The van der Waals surface area contributed by atoms with Crippen LogP contribution < -0.4 is 5.73 Å². The third-order valence-electron chi connectivity index (χ3n) is 2.86. The highest BCUT2D eigenvalue weighted by Gasteiger charge is 2.03. The molecular formula is C15H19N3S. The molecule has 0 radical (unpaired) electrons. The molecule has 100 valence electrons. The second-order valence-corrected chi connectivity index (χ2v) is 5.71. The SMILES string of the molecule is Cc1ccccc1CSc1ncc(CC(C)N)cn1. The standard InChI is InChI=1S/C15H19N3S/c1-11-5-3-4-6-14(11)10-19-15-17-8-13(9-18-15)7-12(2)16/h3-6,8-9,12H,7,10,16H2,1-2H3. The number of hydrogen-bond donors (Lipinski definition) is 1. The summed E-state index contributed by atoms with van der Waals surface area (Å²) in [6.07, 6.45) is 4.57. The van der Waals surface area contributed by atoms with Crippen LogP contribution in [-0.4, -0.2) is 16.0 Å². The van der Waals surface area contributed by atoms with E-state index in [0.29, 0.717) is 0 Å². The average Bonchev–Trinajstić information content (AvgIpc) is 2.39. The molecule has 3 nitrogen and oxygen atoms in total. The number of nitrogens with zero attached hydrogens (tertiary/aromatic N) is 2. The first-order chi connectivity index (χ1) is 9.15. The van der Waals surface area contributed by atoms with Crippen molar-refractivity contribution < 1.29 is 0 Å². The molecule has 0 aliphatic carbocycles. The lowest BCUT2D eigenvalue weighted by molar-refractivity contribution is 0.727. The monoisotopic (exact) mass is 273 g/mol. The van der Waals surface area contributed by atoms with Gasteiger partial charge in [-0.1, -0.05) is 36.0 Å². The minimum absolute atomic E-state index is 0.147. The molecule has 2 rings (SSSR count). The highest BCUT2D eigenvalue weighted by Crippen LogP contribution is 2.20. The third-order valence-corrected chi connectivity index (χ3v) is 3.78. The van der Waals surface area contributed by atoms with Crippen LogP contribution in [0.1, 0.15) is 23.6 Å². The number of aryl methyl sites for hydroxylation is 1. The minimum Gasteiger partial charge on any atom is -0.328 e. The zero-order valence-electron chi connectivity index (χ0n) is 11.3. The molecule has 0 fully saturated rings. The van der Waals surface area contributed by atoms with E-state index in [9.17, 15) is 0 Å². The van der Waals surface area contributed by atoms with E-state index < -0.39 is 0 Å². The largest absolute Gasteiger partial charge is 0.328 e. The summed E-state index contributed by atoms with van der Waals surface area (Å²) in [5.74, 6) is 0.902. The Balaban J connectivity index is 1.95. The Bertz CT molecular complexity index is 523. The summed E-state index contributed by atoms with van der Waals surface area (Å²) < 4.78 is 0. The summed E-state index contributed by atoms with van der Waals surface area (Å²) in [5.41, 5.74) is 9.48. The number of benzene rings is 1. The van der Waals surface area contributed by atoms with Crippen molar-refractivity contribution in [1.29, 1.82) is 0 Å². The minimum atomic E-state index is 0.147. The van der Waals surface area contributed by atoms with Crippen molar-refractivity contribution in [2.75, 3.05) is 0 Å². The van der Waals surface area contributed by atoms with Crippen LogP contribution >= 0.6 is 11.8 Å². The predicted octanol–water partition coefficient (Wildman–Crippen LogP) is 2.97. The number of nitrogens with two attached hydrogens (primary N) is 1. The van der Waals surface area contributed by atoms with E-state index in [1.165, 1.54) is 11.1 Å². The summed E-state index contributed by atoms with van der Waals surface area (Å²) in [6.45, 7) is 4.11. The molecule has 1 heterocycles. The fraction of sp³-hybridized carbons (Fsp3) is 0.333. The van der Waals surface area contributed by atoms with Crippen LogP contribution in [0.5, 0.6) is 0 Å². The van der Waals surface area contributed by atoms with Crippen molar-refractivity contribution in [2.24, 2.45) is 5.73 Å². The third kappa shape index (κ3) is 4.33. The van der Waals surface area contributed by atoms with Crippen LogP contribution in [0.4, 0.5) is 0 Å². The van der Waals surface area contributed by atoms with Gasteiger partial charge in [0.2, 0.25) is 0 Å². The lowest BCUT2D eigenvalue weighted by atomic mass is 10.1. The Morgan fingerprint density at radius 3 is 2.53 bits per heavy atom. The van der Waals surface area contributed by atoms with Crippen molar-refractivity contribution in [3.8, 4) is 0 Å². The number of aromatic nitrogens is 2. The summed E-state index contributed by atoms with van der Waals surface area (Å²) in [4.78, 5) is 8.75. The zero-order chi connectivity index (χ0) is 13.7. The van der Waals surface area contributed by atoms with E-state index in [1.54, 1.807) is 11.8 Å². The van der Waals surface area contributed by atoms with Gasteiger partial charge in [-0.2, -0.15) is 0 Å². The summed E-state index contributed by atoms with van der Waals surface area (Å²) in [5, 5.41) is 0.816. The Hall–Kier alpha value is -1.39. The van der Waals surface area contributed by atoms with Gasteiger partial charge in [0.15, 0.2) is 5.16 Å². The first-order valence-corrected chi connectivity index (χ1v) is 7.37. The molecule has 0 spiro atoms. The molecule has 1 atom stereocenters. The molecule has 1 aromatic carbocycles.